The van der Waals surface area contributed by atoms with Gasteiger partial charge >= 0.3 is 0 Å². The van der Waals surface area contributed by atoms with Crippen molar-refractivity contribution in [3.63, 3.8) is 0 Å². The second-order valence-electron chi connectivity index (χ2n) is 4.65. The number of hydrogen-bond acceptors (Lipinski definition) is 5. The standard InChI is InChI=1S/C15H20N4OS.2ClH/c1-3-7-16-9-10-18-14(20)13-11(2)19-15(21-13)12-6-4-5-8-17-12;;/h4-6,8,16H,3,7,9-10H2,1-2H3,(H,18,20);2*1H. The molecule has 1 amide bonds. The Labute approximate surface area is 153 Å². The van der Waals surface area contributed by atoms with Crippen molar-refractivity contribution in [3.8, 4) is 10.7 Å². The lowest BCUT2D eigenvalue weighted by molar-refractivity contribution is 0.0957. The van der Waals surface area contributed by atoms with E-state index in [1.54, 1.807) is 6.20 Å². The van der Waals surface area contributed by atoms with Gasteiger partial charge in [-0.2, -0.15) is 0 Å². The van der Waals surface area contributed by atoms with Crippen LogP contribution < -0.4 is 10.6 Å². The lowest BCUT2D eigenvalue weighted by atomic mass is 10.3. The Bertz CT molecular complexity index is 592. The minimum atomic E-state index is -0.0644. The maximum Gasteiger partial charge on any atom is 0.263 e. The summed E-state index contributed by atoms with van der Waals surface area (Å²) in [5.74, 6) is -0.0644. The summed E-state index contributed by atoms with van der Waals surface area (Å²) in [5.41, 5.74) is 1.55. The van der Waals surface area contributed by atoms with Crippen molar-refractivity contribution >= 4 is 42.1 Å². The average molecular weight is 377 g/mol. The molecule has 0 fully saturated rings. The average Bonchev–Trinajstić information content (AvgIpc) is 2.90. The third-order valence-corrected chi connectivity index (χ3v) is 4.08. The largest absolute Gasteiger partial charge is 0.350 e. The van der Waals surface area contributed by atoms with Gasteiger partial charge in [0.2, 0.25) is 0 Å². The fourth-order valence-corrected chi connectivity index (χ4v) is 2.81. The van der Waals surface area contributed by atoms with Gasteiger partial charge in [-0.25, -0.2) is 4.98 Å². The third-order valence-electron chi connectivity index (χ3n) is 2.90. The molecule has 5 nitrogen and oxygen atoms in total. The Morgan fingerprint density at radius 2 is 2.00 bits per heavy atom. The van der Waals surface area contributed by atoms with E-state index in [0.29, 0.717) is 11.4 Å². The normalized spacial score (nSPS) is 9.65. The number of aryl methyl sites for hydroxylation is 1. The summed E-state index contributed by atoms with van der Waals surface area (Å²) < 4.78 is 0. The quantitative estimate of drug-likeness (QED) is 0.728. The minimum absolute atomic E-state index is 0. The fourth-order valence-electron chi connectivity index (χ4n) is 1.85. The first-order chi connectivity index (χ1) is 10.2. The first-order valence-corrected chi connectivity index (χ1v) is 7.91. The molecule has 0 aliphatic heterocycles. The molecule has 0 radical (unpaired) electrons. The molecular weight excluding hydrogens is 355 g/mol. The first kappa shape index (κ1) is 21.8. The fraction of sp³-hybridized carbons (Fsp3) is 0.400. The zero-order chi connectivity index (χ0) is 15.1. The van der Waals surface area contributed by atoms with Gasteiger partial charge < -0.3 is 10.6 Å². The van der Waals surface area contributed by atoms with Crippen LogP contribution in [0.25, 0.3) is 10.7 Å². The van der Waals surface area contributed by atoms with Crippen LogP contribution in [0.5, 0.6) is 0 Å². The lowest BCUT2D eigenvalue weighted by Gasteiger charge is -2.04. The van der Waals surface area contributed by atoms with Gasteiger partial charge in [-0.05, 0) is 32.0 Å². The molecule has 0 unspecified atom stereocenters. The van der Waals surface area contributed by atoms with Crippen LogP contribution in [0.4, 0.5) is 0 Å². The van der Waals surface area contributed by atoms with Crippen molar-refractivity contribution in [2.75, 3.05) is 19.6 Å². The van der Waals surface area contributed by atoms with E-state index in [2.05, 4.69) is 27.5 Å². The van der Waals surface area contributed by atoms with Crippen LogP contribution in [0, 0.1) is 6.92 Å². The van der Waals surface area contributed by atoms with Crippen molar-refractivity contribution in [1.82, 2.24) is 20.6 Å². The van der Waals surface area contributed by atoms with E-state index in [0.717, 1.165) is 35.9 Å². The minimum Gasteiger partial charge on any atom is -0.350 e. The van der Waals surface area contributed by atoms with Crippen molar-refractivity contribution in [3.05, 3.63) is 35.0 Å². The van der Waals surface area contributed by atoms with Crippen LogP contribution in [-0.4, -0.2) is 35.5 Å². The lowest BCUT2D eigenvalue weighted by Crippen LogP contribution is -2.32. The molecule has 0 spiro atoms. The van der Waals surface area contributed by atoms with Crippen LogP contribution in [0.15, 0.2) is 24.4 Å². The highest BCUT2D eigenvalue weighted by Gasteiger charge is 2.16. The molecule has 0 bridgehead atoms. The summed E-state index contributed by atoms with van der Waals surface area (Å²) in [4.78, 5) is 21.5. The molecule has 2 N–H and O–H groups in total. The van der Waals surface area contributed by atoms with Gasteiger partial charge in [0.05, 0.1) is 11.4 Å². The number of halogens is 2. The molecule has 23 heavy (non-hydrogen) atoms. The van der Waals surface area contributed by atoms with E-state index >= 15 is 0 Å². The first-order valence-electron chi connectivity index (χ1n) is 7.10. The maximum atomic E-state index is 12.2. The van der Waals surface area contributed by atoms with Gasteiger partial charge in [0.15, 0.2) is 0 Å². The predicted molar refractivity (Wildman–Crippen MR) is 100 cm³/mol. The summed E-state index contributed by atoms with van der Waals surface area (Å²) in [6.07, 6.45) is 2.82. The molecule has 0 aliphatic carbocycles. The number of thiazole rings is 1. The Balaban J connectivity index is 0.00000242. The van der Waals surface area contributed by atoms with E-state index in [9.17, 15) is 4.79 Å². The Morgan fingerprint density at radius 3 is 2.65 bits per heavy atom. The number of nitrogens with one attached hydrogen (secondary N) is 2. The van der Waals surface area contributed by atoms with Crippen molar-refractivity contribution in [2.45, 2.75) is 20.3 Å². The van der Waals surface area contributed by atoms with Gasteiger partial charge in [0, 0.05) is 19.3 Å². The highest BCUT2D eigenvalue weighted by Crippen LogP contribution is 2.26. The Kier molecular flexibility index (Phi) is 10.7. The highest BCUT2D eigenvalue weighted by atomic mass is 35.5. The second kappa shape index (κ2) is 11.3. The molecule has 0 aromatic carbocycles. The third kappa shape index (κ3) is 6.43. The van der Waals surface area contributed by atoms with Gasteiger partial charge in [0.25, 0.3) is 5.91 Å². The monoisotopic (exact) mass is 376 g/mol. The number of carbonyl (C=O) groups excluding carboxylic acids is 1. The molecule has 2 aromatic heterocycles. The van der Waals surface area contributed by atoms with E-state index in [-0.39, 0.29) is 30.7 Å². The number of aromatic nitrogens is 2. The second-order valence-corrected chi connectivity index (χ2v) is 5.65. The van der Waals surface area contributed by atoms with Gasteiger partial charge in [-0.3, -0.25) is 9.78 Å². The van der Waals surface area contributed by atoms with Crippen LogP contribution in [-0.2, 0) is 0 Å². The maximum absolute atomic E-state index is 12.2. The number of rotatable bonds is 7. The molecule has 8 heteroatoms. The van der Waals surface area contributed by atoms with E-state index in [4.69, 9.17) is 0 Å². The summed E-state index contributed by atoms with van der Waals surface area (Å²) in [5, 5.41) is 6.94. The number of hydrogen-bond donors (Lipinski definition) is 2. The van der Waals surface area contributed by atoms with Crippen molar-refractivity contribution in [2.24, 2.45) is 0 Å². The summed E-state index contributed by atoms with van der Waals surface area (Å²) in [6.45, 7) is 6.34. The summed E-state index contributed by atoms with van der Waals surface area (Å²) in [7, 11) is 0. The Morgan fingerprint density at radius 1 is 1.22 bits per heavy atom. The van der Waals surface area contributed by atoms with Crippen LogP contribution >= 0.6 is 36.2 Å². The van der Waals surface area contributed by atoms with E-state index in [1.807, 2.05) is 25.1 Å². The summed E-state index contributed by atoms with van der Waals surface area (Å²) >= 11 is 1.38. The highest BCUT2D eigenvalue weighted by molar-refractivity contribution is 7.17. The number of amides is 1. The molecule has 0 saturated carbocycles. The van der Waals surface area contributed by atoms with E-state index < -0.39 is 0 Å². The molecule has 128 valence electrons. The molecule has 2 heterocycles. The molecule has 0 atom stereocenters. The zero-order valence-electron chi connectivity index (χ0n) is 13.2. The number of carbonyl (C=O) groups is 1. The zero-order valence-corrected chi connectivity index (χ0v) is 15.6. The topological polar surface area (TPSA) is 66.9 Å². The van der Waals surface area contributed by atoms with Crippen LogP contribution in [0.3, 0.4) is 0 Å². The molecule has 2 aromatic rings. The van der Waals surface area contributed by atoms with Gasteiger partial charge in [0.1, 0.15) is 9.88 Å². The molecular formula is C15H22Cl2N4OS. The number of nitrogens with zero attached hydrogens (tertiary/aromatic N) is 2. The van der Waals surface area contributed by atoms with Crippen LogP contribution in [0.1, 0.15) is 28.7 Å². The number of pyridine rings is 1. The van der Waals surface area contributed by atoms with Crippen LogP contribution in [0.2, 0.25) is 0 Å². The Hall–Kier alpha value is -1.21. The SMILES string of the molecule is CCCNCCNC(=O)c1sc(-c2ccccn2)nc1C.Cl.Cl. The van der Waals surface area contributed by atoms with Gasteiger partial charge in [-0.1, -0.05) is 13.0 Å². The molecule has 2 rings (SSSR count). The van der Waals surface area contributed by atoms with Crippen molar-refractivity contribution in [1.29, 1.82) is 0 Å². The van der Waals surface area contributed by atoms with E-state index in [1.165, 1.54) is 11.3 Å². The van der Waals surface area contributed by atoms with Crippen molar-refractivity contribution < 1.29 is 4.79 Å². The smallest absolute Gasteiger partial charge is 0.263 e. The van der Waals surface area contributed by atoms with Gasteiger partial charge in [-0.15, -0.1) is 36.2 Å². The molecule has 0 saturated heterocycles. The molecule has 0 aliphatic rings. The summed E-state index contributed by atoms with van der Waals surface area (Å²) in [6, 6.07) is 5.67. The predicted octanol–water partition coefficient (Wildman–Crippen LogP) is 3.09.